The molecule has 0 heterocycles. The summed E-state index contributed by atoms with van der Waals surface area (Å²) in [5, 5.41) is 12.2. The zero-order valence-corrected chi connectivity index (χ0v) is 13.7. The number of hydrogen-bond donors (Lipinski definition) is 2. The number of ether oxygens (including phenoxy) is 1. The lowest BCUT2D eigenvalue weighted by Crippen LogP contribution is -2.14. The maximum atomic E-state index is 12.4. The van der Waals surface area contributed by atoms with E-state index in [1.807, 2.05) is 37.2 Å². The number of anilines is 1. The van der Waals surface area contributed by atoms with E-state index >= 15 is 0 Å². The fourth-order valence-corrected chi connectivity index (χ4v) is 2.36. The highest BCUT2D eigenvalue weighted by atomic mass is 16.5. The van der Waals surface area contributed by atoms with Crippen molar-refractivity contribution in [3.05, 3.63) is 59.2 Å². The van der Waals surface area contributed by atoms with Gasteiger partial charge in [-0.15, -0.1) is 0 Å². The summed E-state index contributed by atoms with van der Waals surface area (Å²) in [4.78, 5) is 14.4. The van der Waals surface area contributed by atoms with Crippen molar-refractivity contribution in [3.63, 3.8) is 0 Å². The largest absolute Gasteiger partial charge is 0.496 e. The quantitative estimate of drug-likeness (QED) is 0.860. The van der Waals surface area contributed by atoms with Gasteiger partial charge < -0.3 is 20.1 Å². The Morgan fingerprint density at radius 1 is 1.22 bits per heavy atom. The molecule has 0 bridgehead atoms. The molecule has 0 unspecified atom stereocenters. The molecule has 0 aliphatic heterocycles. The van der Waals surface area contributed by atoms with Crippen LogP contribution in [-0.4, -0.2) is 37.1 Å². The number of aliphatic hydroxyl groups excluding tert-OH is 1. The van der Waals surface area contributed by atoms with Crippen molar-refractivity contribution in [2.75, 3.05) is 26.5 Å². The first kappa shape index (κ1) is 17.0. The smallest absolute Gasteiger partial charge is 0.255 e. The molecule has 0 atom stereocenters. The van der Waals surface area contributed by atoms with E-state index in [9.17, 15) is 9.90 Å². The molecule has 5 nitrogen and oxygen atoms in total. The lowest BCUT2D eigenvalue weighted by molar-refractivity contribution is 0.102. The van der Waals surface area contributed by atoms with Crippen LogP contribution in [0.4, 0.5) is 5.69 Å². The van der Waals surface area contributed by atoms with Gasteiger partial charge >= 0.3 is 0 Å². The van der Waals surface area contributed by atoms with E-state index in [2.05, 4.69) is 5.32 Å². The molecule has 0 aliphatic rings. The van der Waals surface area contributed by atoms with Gasteiger partial charge in [0.2, 0.25) is 0 Å². The Hall–Kier alpha value is -2.37. The van der Waals surface area contributed by atoms with Crippen LogP contribution < -0.4 is 10.1 Å². The van der Waals surface area contributed by atoms with Gasteiger partial charge in [0.15, 0.2) is 0 Å². The first-order valence-corrected chi connectivity index (χ1v) is 7.36. The molecular formula is C18H22N2O3. The first-order valence-electron chi connectivity index (χ1n) is 7.36. The zero-order chi connectivity index (χ0) is 16.8. The van der Waals surface area contributed by atoms with Crippen molar-refractivity contribution < 1.29 is 14.6 Å². The third-order valence-corrected chi connectivity index (χ3v) is 3.40. The number of benzene rings is 2. The summed E-state index contributed by atoms with van der Waals surface area (Å²) in [6.07, 6.45) is 0. The SMILES string of the molecule is COc1ccc(NC(=O)c2cccc(CN(C)C)c2)cc1CO. The number of aliphatic hydroxyl groups is 1. The maximum absolute atomic E-state index is 12.4. The minimum Gasteiger partial charge on any atom is -0.496 e. The van der Waals surface area contributed by atoms with Gasteiger partial charge in [0.1, 0.15) is 5.75 Å². The first-order chi connectivity index (χ1) is 11.0. The fraction of sp³-hybridized carbons (Fsp3) is 0.278. The molecule has 0 saturated carbocycles. The third-order valence-electron chi connectivity index (χ3n) is 3.40. The Bertz CT molecular complexity index is 684. The lowest BCUT2D eigenvalue weighted by atomic mass is 10.1. The maximum Gasteiger partial charge on any atom is 0.255 e. The zero-order valence-electron chi connectivity index (χ0n) is 13.7. The summed E-state index contributed by atoms with van der Waals surface area (Å²) in [7, 11) is 5.52. The summed E-state index contributed by atoms with van der Waals surface area (Å²) in [6, 6.07) is 12.7. The van der Waals surface area contributed by atoms with Crippen LogP contribution in [0.25, 0.3) is 0 Å². The Morgan fingerprint density at radius 3 is 2.65 bits per heavy atom. The van der Waals surface area contributed by atoms with Gasteiger partial charge in [-0.3, -0.25) is 4.79 Å². The van der Waals surface area contributed by atoms with E-state index in [1.54, 1.807) is 31.4 Å². The molecule has 0 radical (unpaired) electrons. The average molecular weight is 314 g/mol. The summed E-state index contributed by atoms with van der Waals surface area (Å²) in [6.45, 7) is 0.628. The molecule has 2 rings (SSSR count). The van der Waals surface area contributed by atoms with Crippen molar-refractivity contribution in [2.45, 2.75) is 13.2 Å². The van der Waals surface area contributed by atoms with Crippen LogP contribution in [0, 0.1) is 0 Å². The van der Waals surface area contributed by atoms with Gasteiger partial charge in [0.05, 0.1) is 13.7 Å². The number of carbonyl (C=O) groups excluding carboxylic acids is 1. The lowest BCUT2D eigenvalue weighted by Gasteiger charge is -2.12. The number of hydrogen-bond acceptors (Lipinski definition) is 4. The number of rotatable bonds is 6. The number of carbonyl (C=O) groups is 1. The summed E-state index contributed by atoms with van der Waals surface area (Å²) in [5.41, 5.74) is 2.93. The van der Waals surface area contributed by atoms with Crippen LogP contribution >= 0.6 is 0 Å². The monoisotopic (exact) mass is 314 g/mol. The molecule has 1 amide bonds. The molecule has 2 aromatic rings. The molecular weight excluding hydrogens is 292 g/mol. The Balaban J connectivity index is 2.15. The predicted octanol–water partition coefficient (Wildman–Crippen LogP) is 2.50. The summed E-state index contributed by atoms with van der Waals surface area (Å²) >= 11 is 0. The summed E-state index contributed by atoms with van der Waals surface area (Å²) in [5.74, 6) is 0.415. The molecule has 2 aromatic carbocycles. The highest BCUT2D eigenvalue weighted by Crippen LogP contribution is 2.23. The molecule has 122 valence electrons. The number of amides is 1. The summed E-state index contributed by atoms with van der Waals surface area (Å²) < 4.78 is 5.16. The Kier molecular flexibility index (Phi) is 5.73. The standard InChI is InChI=1S/C18H22N2O3/c1-20(2)11-13-5-4-6-14(9-13)18(22)19-16-7-8-17(23-3)15(10-16)12-21/h4-10,21H,11-12H2,1-3H3,(H,19,22). The molecule has 0 spiro atoms. The van der Waals surface area contributed by atoms with Gasteiger partial charge in [-0.2, -0.15) is 0 Å². The second-order valence-electron chi connectivity index (χ2n) is 5.58. The molecule has 5 heteroatoms. The van der Waals surface area contributed by atoms with E-state index in [-0.39, 0.29) is 12.5 Å². The van der Waals surface area contributed by atoms with Crippen molar-refractivity contribution in [2.24, 2.45) is 0 Å². The minimum atomic E-state index is -0.181. The van der Waals surface area contributed by atoms with E-state index in [1.165, 1.54) is 0 Å². The van der Waals surface area contributed by atoms with Gasteiger partial charge in [-0.25, -0.2) is 0 Å². The Labute approximate surface area is 136 Å². The van der Waals surface area contributed by atoms with Gasteiger partial charge in [-0.05, 0) is 50.0 Å². The van der Waals surface area contributed by atoms with E-state index < -0.39 is 0 Å². The van der Waals surface area contributed by atoms with Crippen LogP contribution in [0.5, 0.6) is 5.75 Å². The van der Waals surface area contributed by atoms with Crippen molar-refractivity contribution in [1.29, 1.82) is 0 Å². The number of nitrogens with zero attached hydrogens (tertiary/aromatic N) is 1. The van der Waals surface area contributed by atoms with Crippen LogP contribution in [0.15, 0.2) is 42.5 Å². The van der Waals surface area contributed by atoms with E-state index in [0.29, 0.717) is 22.6 Å². The van der Waals surface area contributed by atoms with Crippen LogP contribution in [0.3, 0.4) is 0 Å². The number of methoxy groups -OCH3 is 1. The molecule has 0 aliphatic carbocycles. The van der Waals surface area contributed by atoms with Crippen LogP contribution in [0.2, 0.25) is 0 Å². The molecule has 2 N–H and O–H groups in total. The van der Waals surface area contributed by atoms with Gasteiger partial charge in [-0.1, -0.05) is 12.1 Å². The van der Waals surface area contributed by atoms with Gasteiger partial charge in [0.25, 0.3) is 5.91 Å². The fourth-order valence-electron chi connectivity index (χ4n) is 2.36. The van der Waals surface area contributed by atoms with Crippen molar-refractivity contribution in [3.8, 4) is 5.75 Å². The second-order valence-corrected chi connectivity index (χ2v) is 5.58. The molecule has 0 fully saturated rings. The minimum absolute atomic E-state index is 0.148. The van der Waals surface area contributed by atoms with E-state index in [0.717, 1.165) is 12.1 Å². The third kappa shape index (κ3) is 4.55. The topological polar surface area (TPSA) is 61.8 Å². The normalized spacial score (nSPS) is 10.7. The highest BCUT2D eigenvalue weighted by molar-refractivity contribution is 6.04. The molecule has 0 saturated heterocycles. The van der Waals surface area contributed by atoms with Crippen molar-refractivity contribution >= 4 is 11.6 Å². The van der Waals surface area contributed by atoms with Gasteiger partial charge in [0, 0.05) is 23.4 Å². The molecule has 23 heavy (non-hydrogen) atoms. The highest BCUT2D eigenvalue weighted by Gasteiger charge is 2.09. The second kappa shape index (κ2) is 7.76. The average Bonchev–Trinajstić information content (AvgIpc) is 2.54. The number of nitrogens with one attached hydrogen (secondary N) is 1. The van der Waals surface area contributed by atoms with Crippen LogP contribution in [-0.2, 0) is 13.2 Å². The van der Waals surface area contributed by atoms with Crippen LogP contribution in [0.1, 0.15) is 21.5 Å². The van der Waals surface area contributed by atoms with E-state index in [4.69, 9.17) is 4.74 Å². The molecule has 0 aromatic heterocycles. The van der Waals surface area contributed by atoms with Crippen molar-refractivity contribution in [1.82, 2.24) is 4.90 Å². The predicted molar refractivity (Wildman–Crippen MR) is 90.7 cm³/mol. The Morgan fingerprint density at radius 2 is 2.00 bits per heavy atom.